The number of amides is 1. The van der Waals surface area contributed by atoms with Gasteiger partial charge in [-0.25, -0.2) is 0 Å². The number of nitriles is 1. The molecule has 0 unspecified atom stereocenters. The van der Waals surface area contributed by atoms with Crippen molar-refractivity contribution >= 4 is 18.0 Å². The molecule has 8 nitrogen and oxygen atoms in total. The molecule has 0 bridgehead atoms. The summed E-state index contributed by atoms with van der Waals surface area (Å²) in [5.41, 5.74) is 3.72. The van der Waals surface area contributed by atoms with E-state index in [2.05, 4.69) is 16.7 Å². The van der Waals surface area contributed by atoms with E-state index in [1.54, 1.807) is 13.2 Å². The predicted octanol–water partition coefficient (Wildman–Crippen LogP) is 3.26. The van der Waals surface area contributed by atoms with Gasteiger partial charge in [0.1, 0.15) is 17.9 Å². The van der Waals surface area contributed by atoms with Crippen LogP contribution >= 0.6 is 0 Å². The molecule has 3 rings (SSSR count). The van der Waals surface area contributed by atoms with Crippen LogP contribution in [0.5, 0.6) is 5.75 Å². The van der Waals surface area contributed by atoms with Crippen LogP contribution < -0.4 is 15.4 Å². The fourth-order valence-electron chi connectivity index (χ4n) is 3.85. The maximum atomic E-state index is 12.6. The lowest BCUT2D eigenvalue weighted by atomic mass is 9.99. The predicted molar refractivity (Wildman–Crippen MR) is 137 cm³/mol. The van der Waals surface area contributed by atoms with Gasteiger partial charge in [0.2, 0.25) is 0 Å². The van der Waals surface area contributed by atoms with Gasteiger partial charge in [-0.2, -0.15) is 5.26 Å². The summed E-state index contributed by atoms with van der Waals surface area (Å²) in [6, 6.07) is 15.0. The summed E-state index contributed by atoms with van der Waals surface area (Å²) in [5, 5.41) is 15.5. The van der Waals surface area contributed by atoms with Crippen LogP contribution in [-0.2, 0) is 25.5 Å². The number of benzene rings is 2. The quantitative estimate of drug-likeness (QED) is 0.409. The van der Waals surface area contributed by atoms with Gasteiger partial charge in [0.05, 0.1) is 18.8 Å². The van der Waals surface area contributed by atoms with Gasteiger partial charge in [-0.3, -0.25) is 9.59 Å². The van der Waals surface area contributed by atoms with Gasteiger partial charge in [0.25, 0.3) is 5.91 Å². The summed E-state index contributed by atoms with van der Waals surface area (Å²) < 4.78 is 16.3. The average Bonchev–Trinajstić information content (AvgIpc) is 3.14. The number of hydrogen-bond donors (Lipinski definition) is 2. The molecule has 0 aromatic heterocycles. The highest BCUT2D eigenvalue weighted by molar-refractivity contribution is 5.81. The van der Waals surface area contributed by atoms with Crippen LogP contribution in [0.15, 0.2) is 48.5 Å². The number of allylic oxidation sites excluding steroid dienone is 1. The van der Waals surface area contributed by atoms with Crippen molar-refractivity contribution in [3.63, 3.8) is 0 Å². The lowest BCUT2D eigenvalue weighted by Crippen LogP contribution is -2.46. The van der Waals surface area contributed by atoms with Crippen molar-refractivity contribution in [2.45, 2.75) is 44.9 Å². The number of esters is 1. The Morgan fingerprint density at radius 3 is 2.64 bits per heavy atom. The van der Waals surface area contributed by atoms with Gasteiger partial charge in [0, 0.05) is 39.1 Å². The van der Waals surface area contributed by atoms with Crippen LogP contribution in [0.3, 0.4) is 0 Å². The van der Waals surface area contributed by atoms with E-state index in [4.69, 9.17) is 14.2 Å². The average molecular weight is 492 g/mol. The highest BCUT2D eigenvalue weighted by Gasteiger charge is 2.26. The van der Waals surface area contributed by atoms with E-state index in [0.29, 0.717) is 31.9 Å². The second-order valence-electron chi connectivity index (χ2n) is 8.59. The molecule has 2 N–H and O–H groups in total. The van der Waals surface area contributed by atoms with Crippen molar-refractivity contribution < 1.29 is 23.8 Å². The SMILES string of the molecule is CC/C=C/c1cc(-c2ccc(C[C@@H](C#N)NC(=O)[C@@H]3CNC[C@@H](OC)CO3)cc2)ccc1OC(C)=O. The second-order valence-corrected chi connectivity index (χ2v) is 8.59. The van der Waals surface area contributed by atoms with Gasteiger partial charge in [-0.1, -0.05) is 49.4 Å². The number of methoxy groups -OCH3 is 1. The topological polar surface area (TPSA) is 110 Å². The molecule has 1 fully saturated rings. The molecule has 0 saturated carbocycles. The third-order valence-electron chi connectivity index (χ3n) is 5.81. The van der Waals surface area contributed by atoms with Crippen LogP contribution in [0.4, 0.5) is 0 Å². The van der Waals surface area contributed by atoms with Gasteiger partial charge >= 0.3 is 5.97 Å². The van der Waals surface area contributed by atoms with E-state index < -0.39 is 12.1 Å². The zero-order valence-corrected chi connectivity index (χ0v) is 21.0. The molecule has 190 valence electrons. The number of nitrogens with one attached hydrogen (secondary N) is 2. The highest BCUT2D eigenvalue weighted by Crippen LogP contribution is 2.28. The van der Waals surface area contributed by atoms with Gasteiger partial charge in [-0.05, 0) is 35.2 Å². The zero-order valence-electron chi connectivity index (χ0n) is 21.0. The normalized spacial score (nSPS) is 18.7. The van der Waals surface area contributed by atoms with Crippen molar-refractivity contribution in [1.29, 1.82) is 5.26 Å². The summed E-state index contributed by atoms with van der Waals surface area (Å²) >= 11 is 0. The van der Waals surface area contributed by atoms with Crippen LogP contribution in [0.25, 0.3) is 17.2 Å². The maximum Gasteiger partial charge on any atom is 0.308 e. The lowest BCUT2D eigenvalue weighted by Gasteiger charge is -2.18. The summed E-state index contributed by atoms with van der Waals surface area (Å²) in [6.45, 7) is 4.71. The molecule has 2 aromatic carbocycles. The Morgan fingerprint density at radius 1 is 1.22 bits per heavy atom. The molecule has 2 aromatic rings. The molecule has 3 atom stereocenters. The minimum atomic E-state index is -0.678. The fourth-order valence-corrected chi connectivity index (χ4v) is 3.85. The summed E-state index contributed by atoms with van der Waals surface area (Å²) in [6.07, 6.45) is 4.42. The van der Waals surface area contributed by atoms with Crippen LogP contribution in [0, 0.1) is 11.3 Å². The third-order valence-corrected chi connectivity index (χ3v) is 5.81. The van der Waals surface area contributed by atoms with Crippen molar-refractivity contribution in [3.05, 3.63) is 59.7 Å². The number of carbonyl (C=O) groups is 2. The molecule has 1 aliphatic rings. The Morgan fingerprint density at radius 2 is 1.97 bits per heavy atom. The number of ether oxygens (including phenoxy) is 3. The number of hydrogen-bond acceptors (Lipinski definition) is 7. The fraction of sp³-hybridized carbons (Fsp3) is 0.393. The molecule has 0 spiro atoms. The Hall–Kier alpha value is -3.51. The molecule has 0 aliphatic carbocycles. The minimum absolute atomic E-state index is 0.107. The third kappa shape index (κ3) is 7.75. The number of rotatable bonds is 9. The Balaban J connectivity index is 1.66. The summed E-state index contributed by atoms with van der Waals surface area (Å²) in [5.74, 6) is -0.160. The van der Waals surface area contributed by atoms with E-state index in [1.165, 1.54) is 6.92 Å². The maximum absolute atomic E-state index is 12.6. The van der Waals surface area contributed by atoms with Crippen molar-refractivity contribution in [3.8, 4) is 22.9 Å². The molecule has 0 radical (unpaired) electrons. The van der Waals surface area contributed by atoms with Crippen LogP contribution in [-0.4, -0.2) is 56.9 Å². The Labute approximate surface area is 212 Å². The first kappa shape index (κ1) is 27.1. The molecule has 8 heteroatoms. The van der Waals surface area contributed by atoms with E-state index in [1.807, 2.05) is 55.5 Å². The zero-order chi connectivity index (χ0) is 25.9. The van der Waals surface area contributed by atoms with Crippen LogP contribution in [0.1, 0.15) is 31.4 Å². The van der Waals surface area contributed by atoms with Crippen LogP contribution in [0.2, 0.25) is 0 Å². The minimum Gasteiger partial charge on any atom is -0.426 e. The Bertz CT molecular complexity index is 1110. The Kier molecular flexibility index (Phi) is 10.2. The smallest absolute Gasteiger partial charge is 0.308 e. The first-order chi connectivity index (χ1) is 17.4. The van der Waals surface area contributed by atoms with E-state index in [0.717, 1.165) is 28.7 Å². The molecule has 1 saturated heterocycles. The lowest BCUT2D eigenvalue weighted by molar-refractivity contribution is -0.134. The first-order valence-corrected chi connectivity index (χ1v) is 12.1. The molecule has 1 heterocycles. The second kappa shape index (κ2) is 13.5. The van der Waals surface area contributed by atoms with E-state index in [-0.39, 0.29) is 18.0 Å². The molecule has 1 amide bonds. The molecule has 1 aliphatic heterocycles. The summed E-state index contributed by atoms with van der Waals surface area (Å²) in [7, 11) is 1.60. The monoisotopic (exact) mass is 491 g/mol. The largest absolute Gasteiger partial charge is 0.426 e. The molecule has 36 heavy (non-hydrogen) atoms. The number of carbonyl (C=O) groups excluding carboxylic acids is 2. The van der Waals surface area contributed by atoms with Crippen molar-refractivity contribution in [2.24, 2.45) is 0 Å². The molecular weight excluding hydrogens is 458 g/mol. The van der Waals surface area contributed by atoms with E-state index in [9.17, 15) is 14.9 Å². The van der Waals surface area contributed by atoms with Crippen molar-refractivity contribution in [2.75, 3.05) is 26.8 Å². The van der Waals surface area contributed by atoms with Gasteiger partial charge in [0.15, 0.2) is 0 Å². The first-order valence-electron chi connectivity index (χ1n) is 12.1. The van der Waals surface area contributed by atoms with Crippen molar-refractivity contribution in [1.82, 2.24) is 10.6 Å². The van der Waals surface area contributed by atoms with E-state index >= 15 is 0 Å². The number of nitrogens with zero attached hydrogens (tertiary/aromatic N) is 1. The van der Waals surface area contributed by atoms with Gasteiger partial charge in [-0.15, -0.1) is 0 Å². The summed E-state index contributed by atoms with van der Waals surface area (Å²) in [4.78, 5) is 24.1. The standard InChI is InChI=1S/C28H33N3O5/c1-4-5-6-23-14-22(11-12-26(23)36-19(2)32)21-9-7-20(8-10-21)13-24(15-29)31-28(33)27-17-30-16-25(34-3)18-35-27/h5-12,14,24-25,27,30H,4,13,16-18H2,1-3H3,(H,31,33)/b6-5+/t24-,25+,27-/m0/s1. The molecular formula is C28H33N3O5. The highest BCUT2D eigenvalue weighted by atomic mass is 16.5. The van der Waals surface area contributed by atoms with Gasteiger partial charge < -0.3 is 24.8 Å².